The maximum Gasteiger partial charge on any atom is 0.181 e. The van der Waals surface area contributed by atoms with Crippen LogP contribution in [0, 0.1) is 0 Å². The summed E-state index contributed by atoms with van der Waals surface area (Å²) in [5.74, 6) is 1.98. The van der Waals surface area contributed by atoms with Gasteiger partial charge in [-0.15, -0.1) is 11.3 Å². The highest BCUT2D eigenvalue weighted by atomic mass is 32.1. The molecule has 0 aromatic carbocycles. The monoisotopic (exact) mass is 314 g/mol. The minimum Gasteiger partial charge on any atom is -0.303 e. The van der Waals surface area contributed by atoms with Gasteiger partial charge in [-0.1, -0.05) is 13.8 Å². The van der Waals surface area contributed by atoms with Crippen LogP contribution in [0.2, 0.25) is 0 Å². The highest BCUT2D eigenvalue weighted by Gasteiger charge is 2.07. The molecule has 3 aromatic heterocycles. The average Bonchev–Trinajstić information content (AvgIpc) is 3.18. The van der Waals surface area contributed by atoms with Crippen LogP contribution in [0.15, 0.2) is 29.9 Å². The van der Waals surface area contributed by atoms with Crippen LogP contribution in [0.1, 0.15) is 36.3 Å². The Morgan fingerprint density at radius 3 is 2.73 bits per heavy atom. The van der Waals surface area contributed by atoms with E-state index in [1.807, 2.05) is 12.1 Å². The lowest BCUT2D eigenvalue weighted by molar-refractivity contribution is 0.659. The van der Waals surface area contributed by atoms with Gasteiger partial charge in [0, 0.05) is 29.9 Å². The van der Waals surface area contributed by atoms with Crippen molar-refractivity contribution < 1.29 is 0 Å². The summed E-state index contributed by atoms with van der Waals surface area (Å²) >= 11 is 1.69. The van der Waals surface area contributed by atoms with Gasteiger partial charge in [-0.05, 0) is 18.1 Å². The Morgan fingerprint density at radius 1 is 1.18 bits per heavy atom. The van der Waals surface area contributed by atoms with Gasteiger partial charge in [0.15, 0.2) is 5.82 Å². The van der Waals surface area contributed by atoms with Crippen molar-refractivity contribution in [2.24, 2.45) is 0 Å². The first-order chi connectivity index (χ1) is 10.7. The van der Waals surface area contributed by atoms with Gasteiger partial charge >= 0.3 is 0 Å². The number of H-pyrrole nitrogens is 1. The zero-order valence-corrected chi connectivity index (χ0v) is 13.4. The Bertz CT molecular complexity index is 718. The fourth-order valence-corrected chi connectivity index (χ4v) is 2.89. The number of pyridine rings is 1. The molecule has 0 aliphatic rings. The largest absolute Gasteiger partial charge is 0.303 e. The summed E-state index contributed by atoms with van der Waals surface area (Å²) in [6.07, 6.45) is 3.47. The predicted molar refractivity (Wildman–Crippen MR) is 86.4 cm³/mol. The molecule has 114 valence electrons. The van der Waals surface area contributed by atoms with Crippen LogP contribution in [0.5, 0.6) is 0 Å². The van der Waals surface area contributed by atoms with Crippen LogP contribution in [-0.4, -0.2) is 25.1 Å². The van der Waals surface area contributed by atoms with Crippen molar-refractivity contribution in [1.82, 2.24) is 30.5 Å². The number of thiazole rings is 1. The molecule has 0 saturated carbocycles. The van der Waals surface area contributed by atoms with E-state index >= 15 is 0 Å². The van der Waals surface area contributed by atoms with Crippen LogP contribution < -0.4 is 5.32 Å². The molecule has 0 spiro atoms. The quantitative estimate of drug-likeness (QED) is 0.731. The normalized spacial score (nSPS) is 11.2. The van der Waals surface area contributed by atoms with Gasteiger partial charge in [-0.3, -0.25) is 10.1 Å². The molecule has 0 unspecified atom stereocenters. The standard InChI is InChI=1S/C15H18N6S/c1-10(2)12-9-22-14(18-12)8-17-7-13-19-15(21-20-13)11-3-5-16-6-4-11/h3-6,9-10,17H,7-8H2,1-2H3,(H,19,20,21). The van der Waals surface area contributed by atoms with Crippen molar-refractivity contribution in [3.63, 3.8) is 0 Å². The smallest absolute Gasteiger partial charge is 0.181 e. The van der Waals surface area contributed by atoms with E-state index in [2.05, 4.69) is 49.7 Å². The Labute approximate surface area is 133 Å². The fourth-order valence-electron chi connectivity index (χ4n) is 1.96. The van der Waals surface area contributed by atoms with E-state index in [4.69, 9.17) is 0 Å². The molecule has 3 rings (SSSR count). The number of hydrogen-bond acceptors (Lipinski definition) is 6. The Morgan fingerprint density at radius 2 is 2.00 bits per heavy atom. The van der Waals surface area contributed by atoms with Gasteiger partial charge in [0.2, 0.25) is 0 Å². The molecule has 3 aromatic rings. The molecule has 0 aliphatic heterocycles. The second-order valence-corrected chi connectivity index (χ2v) is 6.21. The molecule has 22 heavy (non-hydrogen) atoms. The molecule has 0 bridgehead atoms. The number of aromatic nitrogens is 5. The van der Waals surface area contributed by atoms with Gasteiger partial charge in [0.05, 0.1) is 12.2 Å². The molecule has 0 radical (unpaired) electrons. The van der Waals surface area contributed by atoms with Crippen molar-refractivity contribution in [2.75, 3.05) is 0 Å². The molecule has 6 nitrogen and oxygen atoms in total. The van der Waals surface area contributed by atoms with E-state index in [0.717, 1.165) is 28.6 Å². The third-order valence-electron chi connectivity index (χ3n) is 3.20. The lowest BCUT2D eigenvalue weighted by Gasteiger charge is -1.99. The zero-order valence-electron chi connectivity index (χ0n) is 12.6. The van der Waals surface area contributed by atoms with Crippen LogP contribution in [0.25, 0.3) is 11.4 Å². The maximum absolute atomic E-state index is 4.60. The molecule has 7 heteroatoms. The number of aromatic amines is 1. The minimum atomic E-state index is 0.474. The zero-order chi connectivity index (χ0) is 15.4. The molecule has 0 amide bonds. The van der Waals surface area contributed by atoms with E-state index in [1.165, 1.54) is 0 Å². The Kier molecular flexibility index (Phi) is 4.55. The van der Waals surface area contributed by atoms with Gasteiger partial charge in [0.25, 0.3) is 0 Å². The van der Waals surface area contributed by atoms with Gasteiger partial charge in [-0.2, -0.15) is 5.10 Å². The minimum absolute atomic E-state index is 0.474. The van der Waals surface area contributed by atoms with E-state index in [1.54, 1.807) is 23.7 Å². The summed E-state index contributed by atoms with van der Waals surface area (Å²) in [6.45, 7) is 5.68. The van der Waals surface area contributed by atoms with Crippen molar-refractivity contribution in [3.05, 3.63) is 46.4 Å². The number of nitrogens with one attached hydrogen (secondary N) is 2. The van der Waals surface area contributed by atoms with Crippen LogP contribution in [-0.2, 0) is 13.1 Å². The first-order valence-electron chi connectivity index (χ1n) is 7.19. The molecule has 3 heterocycles. The lowest BCUT2D eigenvalue weighted by atomic mass is 10.2. The molecular weight excluding hydrogens is 296 g/mol. The van der Waals surface area contributed by atoms with Gasteiger partial charge in [0.1, 0.15) is 10.8 Å². The molecule has 2 N–H and O–H groups in total. The molecule has 0 atom stereocenters. The summed E-state index contributed by atoms with van der Waals surface area (Å²) in [7, 11) is 0. The Hall–Kier alpha value is -2.12. The number of hydrogen-bond donors (Lipinski definition) is 2. The molecule has 0 aliphatic carbocycles. The SMILES string of the molecule is CC(C)c1csc(CNCc2nc(-c3ccncc3)n[nH]2)n1. The highest BCUT2D eigenvalue weighted by Crippen LogP contribution is 2.17. The van der Waals surface area contributed by atoms with E-state index < -0.39 is 0 Å². The average molecular weight is 314 g/mol. The topological polar surface area (TPSA) is 79.4 Å². The van der Waals surface area contributed by atoms with E-state index in [-0.39, 0.29) is 0 Å². The summed E-state index contributed by atoms with van der Waals surface area (Å²) in [5, 5.41) is 13.7. The summed E-state index contributed by atoms with van der Waals surface area (Å²) in [4.78, 5) is 13.1. The summed E-state index contributed by atoms with van der Waals surface area (Å²) < 4.78 is 0. The predicted octanol–water partition coefficient (Wildman–Crippen LogP) is 2.74. The van der Waals surface area contributed by atoms with Crippen molar-refractivity contribution in [2.45, 2.75) is 32.9 Å². The Balaban J connectivity index is 1.55. The van der Waals surface area contributed by atoms with Crippen LogP contribution >= 0.6 is 11.3 Å². The van der Waals surface area contributed by atoms with Crippen molar-refractivity contribution in [3.8, 4) is 11.4 Å². The van der Waals surface area contributed by atoms with Gasteiger partial charge in [-0.25, -0.2) is 9.97 Å². The first-order valence-corrected chi connectivity index (χ1v) is 8.07. The van der Waals surface area contributed by atoms with Crippen molar-refractivity contribution >= 4 is 11.3 Å². The second kappa shape index (κ2) is 6.76. The highest BCUT2D eigenvalue weighted by molar-refractivity contribution is 7.09. The molecule has 0 fully saturated rings. The van der Waals surface area contributed by atoms with Crippen LogP contribution in [0.3, 0.4) is 0 Å². The number of rotatable bonds is 6. The van der Waals surface area contributed by atoms with Crippen molar-refractivity contribution in [1.29, 1.82) is 0 Å². The third kappa shape index (κ3) is 3.55. The summed E-state index contributed by atoms with van der Waals surface area (Å²) in [6, 6.07) is 3.78. The second-order valence-electron chi connectivity index (χ2n) is 5.27. The maximum atomic E-state index is 4.60. The lowest BCUT2D eigenvalue weighted by Crippen LogP contribution is -2.13. The number of nitrogens with zero attached hydrogens (tertiary/aromatic N) is 4. The van der Waals surface area contributed by atoms with E-state index in [9.17, 15) is 0 Å². The molecular formula is C15H18N6S. The van der Waals surface area contributed by atoms with E-state index in [0.29, 0.717) is 18.3 Å². The van der Waals surface area contributed by atoms with Gasteiger partial charge < -0.3 is 5.32 Å². The third-order valence-corrected chi connectivity index (χ3v) is 4.07. The fraction of sp³-hybridized carbons (Fsp3) is 0.333. The first kappa shape index (κ1) is 14.8. The van der Waals surface area contributed by atoms with Crippen LogP contribution in [0.4, 0.5) is 0 Å². The summed E-state index contributed by atoms with van der Waals surface area (Å²) in [5.41, 5.74) is 2.11. The molecule has 0 saturated heterocycles.